The number of nitrogens with one attached hydrogen (secondary N) is 1. The first-order chi connectivity index (χ1) is 13.0. The van der Waals surface area contributed by atoms with Crippen molar-refractivity contribution in [3.8, 4) is 10.6 Å². The van der Waals surface area contributed by atoms with E-state index < -0.39 is 6.04 Å². The van der Waals surface area contributed by atoms with Crippen LogP contribution in [-0.4, -0.2) is 39.2 Å². The zero-order chi connectivity index (χ0) is 19.0. The van der Waals surface area contributed by atoms with E-state index in [-0.39, 0.29) is 11.8 Å². The van der Waals surface area contributed by atoms with Gasteiger partial charge in [0.25, 0.3) is 5.91 Å². The van der Waals surface area contributed by atoms with Crippen LogP contribution in [-0.2, 0) is 11.8 Å². The fourth-order valence-corrected chi connectivity index (χ4v) is 3.91. The third-order valence-corrected chi connectivity index (χ3v) is 5.51. The summed E-state index contributed by atoms with van der Waals surface area (Å²) < 4.78 is 1.65. The van der Waals surface area contributed by atoms with E-state index in [0.717, 1.165) is 16.3 Å². The smallest absolute Gasteiger partial charge is 0.253 e. The van der Waals surface area contributed by atoms with Gasteiger partial charge in [0.2, 0.25) is 5.91 Å². The number of amides is 2. The molecule has 0 bridgehead atoms. The first kappa shape index (κ1) is 17.4. The first-order valence-corrected chi connectivity index (χ1v) is 9.53. The van der Waals surface area contributed by atoms with Crippen molar-refractivity contribution in [2.75, 3.05) is 11.4 Å². The van der Waals surface area contributed by atoms with E-state index in [1.165, 1.54) is 0 Å². The molecule has 4 rings (SSSR count). The number of carbonyl (C=O) groups is 2. The zero-order valence-corrected chi connectivity index (χ0v) is 15.9. The molecule has 1 aliphatic rings. The van der Waals surface area contributed by atoms with Crippen LogP contribution >= 0.6 is 11.3 Å². The van der Waals surface area contributed by atoms with E-state index in [4.69, 9.17) is 0 Å². The molecule has 1 saturated heterocycles. The molecule has 8 heteroatoms. The maximum absolute atomic E-state index is 12.7. The predicted octanol–water partition coefficient (Wildman–Crippen LogP) is 2.39. The van der Waals surface area contributed by atoms with Crippen molar-refractivity contribution in [3.63, 3.8) is 0 Å². The maximum Gasteiger partial charge on any atom is 0.253 e. The molecule has 0 spiro atoms. The van der Waals surface area contributed by atoms with Gasteiger partial charge in [0.15, 0.2) is 0 Å². The molecule has 3 aromatic rings. The third-order valence-electron chi connectivity index (χ3n) is 4.62. The van der Waals surface area contributed by atoms with Crippen molar-refractivity contribution in [2.45, 2.75) is 19.4 Å². The van der Waals surface area contributed by atoms with Crippen LogP contribution in [0.2, 0.25) is 0 Å². The van der Waals surface area contributed by atoms with Crippen LogP contribution in [0, 0.1) is 6.92 Å². The average Bonchev–Trinajstić information content (AvgIpc) is 3.38. The molecule has 138 valence electrons. The van der Waals surface area contributed by atoms with E-state index in [2.05, 4.69) is 15.4 Å². The third kappa shape index (κ3) is 3.35. The van der Waals surface area contributed by atoms with E-state index in [1.807, 2.05) is 30.5 Å². The van der Waals surface area contributed by atoms with Gasteiger partial charge in [-0.2, -0.15) is 5.10 Å². The number of thiophene rings is 1. The predicted molar refractivity (Wildman–Crippen MR) is 104 cm³/mol. The molecular weight excluding hydrogens is 362 g/mol. The highest BCUT2D eigenvalue weighted by molar-refractivity contribution is 7.13. The Morgan fingerprint density at radius 2 is 2.19 bits per heavy atom. The van der Waals surface area contributed by atoms with Gasteiger partial charge in [-0.3, -0.25) is 19.3 Å². The molecule has 0 aliphatic carbocycles. The average molecular weight is 381 g/mol. The maximum atomic E-state index is 12.7. The summed E-state index contributed by atoms with van der Waals surface area (Å²) in [6, 6.07) is 7.04. The highest BCUT2D eigenvalue weighted by atomic mass is 32.1. The summed E-state index contributed by atoms with van der Waals surface area (Å²) in [5.41, 5.74) is 2.73. The molecule has 3 aromatic heterocycles. The zero-order valence-electron chi connectivity index (χ0n) is 15.0. The number of aryl methyl sites for hydroxylation is 2. The molecule has 7 nitrogen and oxygen atoms in total. The standard InChI is InChI=1S/C19H19N5O2S/c1-12-14(5-6-15(21-12)17-4-3-9-27-17)18(25)22-16-7-8-24(19(16)26)13-10-20-23(2)11-13/h3-6,9-11,16H,7-8H2,1-2H3,(H,22,25). The van der Waals surface area contributed by atoms with Crippen molar-refractivity contribution < 1.29 is 9.59 Å². The molecular formula is C19H19N5O2S. The van der Waals surface area contributed by atoms with Gasteiger partial charge >= 0.3 is 0 Å². The lowest BCUT2D eigenvalue weighted by Gasteiger charge is -2.15. The number of hydrogen-bond acceptors (Lipinski definition) is 5. The molecule has 27 heavy (non-hydrogen) atoms. The second-order valence-corrected chi connectivity index (χ2v) is 7.43. The highest BCUT2D eigenvalue weighted by Crippen LogP contribution is 2.24. The molecule has 4 heterocycles. The minimum atomic E-state index is -0.533. The molecule has 1 unspecified atom stereocenters. The quantitative estimate of drug-likeness (QED) is 0.752. The van der Waals surface area contributed by atoms with Crippen molar-refractivity contribution >= 4 is 28.8 Å². The van der Waals surface area contributed by atoms with E-state index >= 15 is 0 Å². The van der Waals surface area contributed by atoms with Crippen molar-refractivity contribution in [1.82, 2.24) is 20.1 Å². The fraction of sp³-hybridized carbons (Fsp3) is 0.263. The summed E-state index contributed by atoms with van der Waals surface area (Å²) in [6.07, 6.45) is 4.01. The Labute approximate surface area is 160 Å². The Morgan fingerprint density at radius 1 is 1.33 bits per heavy atom. The Morgan fingerprint density at radius 3 is 2.85 bits per heavy atom. The summed E-state index contributed by atoms with van der Waals surface area (Å²) in [5.74, 6) is -0.388. The minimum Gasteiger partial charge on any atom is -0.340 e. The summed E-state index contributed by atoms with van der Waals surface area (Å²) in [4.78, 5) is 32.6. The molecule has 2 amide bonds. The second-order valence-electron chi connectivity index (χ2n) is 6.48. The number of carbonyl (C=O) groups excluding carboxylic acids is 2. The van der Waals surface area contributed by atoms with Gasteiger partial charge in [0, 0.05) is 19.8 Å². The van der Waals surface area contributed by atoms with Crippen LogP contribution in [0.25, 0.3) is 10.6 Å². The molecule has 1 N–H and O–H groups in total. The number of aromatic nitrogens is 3. The van der Waals surface area contributed by atoms with Gasteiger partial charge in [-0.1, -0.05) is 6.07 Å². The van der Waals surface area contributed by atoms with Crippen molar-refractivity contribution in [2.24, 2.45) is 7.05 Å². The number of anilines is 1. The lowest BCUT2D eigenvalue weighted by Crippen LogP contribution is -2.41. The van der Waals surface area contributed by atoms with Crippen LogP contribution in [0.3, 0.4) is 0 Å². The van der Waals surface area contributed by atoms with Crippen LogP contribution in [0.1, 0.15) is 22.5 Å². The molecule has 0 aromatic carbocycles. The van der Waals surface area contributed by atoms with E-state index in [9.17, 15) is 9.59 Å². The summed E-state index contributed by atoms with van der Waals surface area (Å²) in [7, 11) is 1.80. The van der Waals surface area contributed by atoms with Crippen LogP contribution in [0.5, 0.6) is 0 Å². The number of hydrogen-bond donors (Lipinski definition) is 1. The molecule has 1 atom stereocenters. The fourth-order valence-electron chi connectivity index (χ4n) is 3.22. The molecule has 1 fully saturated rings. The van der Waals surface area contributed by atoms with Gasteiger partial charge in [-0.15, -0.1) is 11.3 Å². The number of pyridine rings is 1. The number of nitrogens with zero attached hydrogens (tertiary/aromatic N) is 4. The van der Waals surface area contributed by atoms with Gasteiger partial charge in [-0.25, -0.2) is 0 Å². The molecule has 1 aliphatic heterocycles. The summed E-state index contributed by atoms with van der Waals surface area (Å²) in [5, 5.41) is 8.94. The molecule has 0 radical (unpaired) electrons. The van der Waals surface area contributed by atoms with Gasteiger partial charge in [0.1, 0.15) is 6.04 Å². The minimum absolute atomic E-state index is 0.114. The van der Waals surface area contributed by atoms with Crippen molar-refractivity contribution in [3.05, 3.63) is 53.3 Å². The van der Waals surface area contributed by atoms with Crippen LogP contribution in [0.4, 0.5) is 5.69 Å². The van der Waals surface area contributed by atoms with E-state index in [0.29, 0.717) is 24.2 Å². The van der Waals surface area contributed by atoms with Crippen LogP contribution in [0.15, 0.2) is 42.0 Å². The number of rotatable bonds is 4. The second kappa shape index (κ2) is 6.96. The lowest BCUT2D eigenvalue weighted by molar-refractivity contribution is -0.118. The Balaban J connectivity index is 1.47. The Bertz CT molecular complexity index is 995. The normalized spacial score (nSPS) is 16.7. The van der Waals surface area contributed by atoms with Crippen LogP contribution < -0.4 is 10.2 Å². The van der Waals surface area contributed by atoms with E-state index in [1.54, 1.807) is 46.4 Å². The molecule has 0 saturated carbocycles. The van der Waals surface area contributed by atoms with Gasteiger partial charge in [-0.05, 0) is 36.9 Å². The van der Waals surface area contributed by atoms with Gasteiger partial charge < -0.3 is 10.2 Å². The van der Waals surface area contributed by atoms with Gasteiger partial charge in [0.05, 0.1) is 33.7 Å². The summed E-state index contributed by atoms with van der Waals surface area (Å²) in [6.45, 7) is 2.37. The first-order valence-electron chi connectivity index (χ1n) is 8.65. The Kier molecular flexibility index (Phi) is 4.49. The summed E-state index contributed by atoms with van der Waals surface area (Å²) >= 11 is 1.61. The lowest BCUT2D eigenvalue weighted by atomic mass is 10.1. The topological polar surface area (TPSA) is 80.1 Å². The SMILES string of the molecule is Cc1nc(-c2cccs2)ccc1C(=O)NC1CCN(c2cnn(C)c2)C1=O. The highest BCUT2D eigenvalue weighted by Gasteiger charge is 2.34. The van der Waals surface area contributed by atoms with Crippen molar-refractivity contribution in [1.29, 1.82) is 0 Å². The monoisotopic (exact) mass is 381 g/mol. The largest absolute Gasteiger partial charge is 0.340 e. The Hall–Kier alpha value is -3.00.